The Hall–Kier alpha value is -3.42. The molecule has 0 spiro atoms. The summed E-state index contributed by atoms with van der Waals surface area (Å²) in [5.41, 5.74) is 4.06. The molecule has 30 heavy (non-hydrogen) atoms. The summed E-state index contributed by atoms with van der Waals surface area (Å²) in [4.78, 5) is 16.8. The Morgan fingerprint density at radius 2 is 2.07 bits per heavy atom. The molecule has 156 valence electrons. The van der Waals surface area contributed by atoms with E-state index in [0.29, 0.717) is 41.2 Å². The maximum Gasteiger partial charge on any atom is 0.212 e. The second-order valence-corrected chi connectivity index (χ2v) is 7.47. The second kappa shape index (κ2) is 8.14. The van der Waals surface area contributed by atoms with E-state index in [1.54, 1.807) is 23.7 Å². The van der Waals surface area contributed by atoms with Gasteiger partial charge in [-0.05, 0) is 37.1 Å². The van der Waals surface area contributed by atoms with Crippen molar-refractivity contribution in [3.05, 3.63) is 42.1 Å². The number of halogens is 1. The number of amides is 1. The number of imidazole rings is 1. The van der Waals surface area contributed by atoms with E-state index in [-0.39, 0.29) is 5.82 Å². The molecule has 0 radical (unpaired) electrons. The first kappa shape index (κ1) is 19.9. The number of nitrogens with zero attached hydrogens (tertiary/aromatic N) is 4. The van der Waals surface area contributed by atoms with E-state index < -0.39 is 0 Å². The molecule has 1 fully saturated rings. The maximum atomic E-state index is 15.3. The van der Waals surface area contributed by atoms with Crippen LogP contribution in [0, 0.1) is 12.7 Å². The molecule has 1 aromatic carbocycles. The van der Waals surface area contributed by atoms with Gasteiger partial charge in [0.25, 0.3) is 0 Å². The first-order valence-corrected chi connectivity index (χ1v) is 10.1. The van der Waals surface area contributed by atoms with Crippen LogP contribution >= 0.6 is 0 Å². The predicted octanol–water partition coefficient (Wildman–Crippen LogP) is 4.52. The van der Waals surface area contributed by atoms with E-state index in [4.69, 9.17) is 0 Å². The van der Waals surface area contributed by atoms with Gasteiger partial charge in [-0.15, -0.1) is 0 Å². The van der Waals surface area contributed by atoms with Crippen molar-refractivity contribution >= 4 is 34.5 Å². The van der Waals surface area contributed by atoms with E-state index >= 15 is 4.39 Å². The number of anilines is 2. The smallest absolute Gasteiger partial charge is 0.212 e. The van der Waals surface area contributed by atoms with Crippen LogP contribution < -0.4 is 10.2 Å². The van der Waals surface area contributed by atoms with Crippen LogP contribution in [0.25, 0.3) is 27.7 Å². The molecular weight excluding hydrogens is 383 g/mol. The molecule has 1 saturated carbocycles. The lowest BCUT2D eigenvalue weighted by molar-refractivity contribution is -0.105. The number of carbonyl (C=O) groups is 1. The molecule has 0 bridgehead atoms. The number of fused-ring (bicyclic) bond motifs is 2. The minimum Gasteiger partial charge on any atom is -0.371 e. The molecule has 1 amide bonds. The summed E-state index contributed by atoms with van der Waals surface area (Å²) in [5, 5.41) is 10.5. The molecule has 0 aliphatic heterocycles. The van der Waals surface area contributed by atoms with Crippen LogP contribution in [-0.2, 0) is 4.79 Å². The molecule has 1 aliphatic rings. The summed E-state index contributed by atoms with van der Waals surface area (Å²) in [6.07, 6.45) is 10.4. The highest BCUT2D eigenvalue weighted by atomic mass is 19.1. The monoisotopic (exact) mass is 408 g/mol. The molecule has 3 heterocycles. The van der Waals surface area contributed by atoms with Crippen molar-refractivity contribution in [2.75, 3.05) is 23.8 Å². The Morgan fingerprint density at radius 1 is 1.30 bits per heavy atom. The van der Waals surface area contributed by atoms with Gasteiger partial charge in [0.05, 0.1) is 23.6 Å². The number of hydrogen-bond acceptors (Lipinski definition) is 4. The van der Waals surface area contributed by atoms with Crippen molar-refractivity contribution in [1.82, 2.24) is 19.6 Å². The molecular formula is C22H25FN6O. The Morgan fingerprint density at radius 3 is 2.73 bits per heavy atom. The average Bonchev–Trinajstić information content (AvgIpc) is 3.46. The van der Waals surface area contributed by atoms with Crippen LogP contribution in [0.4, 0.5) is 15.9 Å². The fraction of sp³-hybridized carbons (Fsp3) is 0.318. The zero-order valence-corrected chi connectivity index (χ0v) is 17.4. The molecule has 0 unspecified atom stereocenters. The zero-order valence-electron chi connectivity index (χ0n) is 17.4. The standard InChI is InChI=1S/C19H19FN6O.C3H6/c1-4-25(3)19-17(20)11(2)16(13-7-22-24-18(13)19)12-5-6-15-23-14(21-10-27)9-26(15)8-12;1-2-3-1/h5-10H,4H2,1-3H3,(H,21,27)(H,22,24);1-3H2. The van der Waals surface area contributed by atoms with Crippen LogP contribution in [-0.4, -0.2) is 39.6 Å². The Kier molecular flexibility index (Phi) is 5.39. The number of carbonyl (C=O) groups excluding carboxylic acids is 1. The largest absolute Gasteiger partial charge is 0.371 e. The van der Waals surface area contributed by atoms with Gasteiger partial charge in [0.1, 0.15) is 5.65 Å². The number of pyridine rings is 1. The molecule has 1 aliphatic carbocycles. The third kappa shape index (κ3) is 3.60. The van der Waals surface area contributed by atoms with Gasteiger partial charge in [-0.25, -0.2) is 9.37 Å². The van der Waals surface area contributed by atoms with Crippen LogP contribution in [0.2, 0.25) is 0 Å². The molecule has 0 atom stereocenters. The Balaban J connectivity index is 0.000000667. The predicted molar refractivity (Wildman–Crippen MR) is 117 cm³/mol. The highest BCUT2D eigenvalue weighted by Gasteiger charge is 2.21. The van der Waals surface area contributed by atoms with Gasteiger partial charge in [0.15, 0.2) is 11.6 Å². The lowest BCUT2D eigenvalue weighted by Crippen LogP contribution is -2.18. The van der Waals surface area contributed by atoms with Crippen molar-refractivity contribution in [2.24, 2.45) is 0 Å². The molecule has 5 rings (SSSR count). The molecule has 2 N–H and O–H groups in total. The maximum absolute atomic E-state index is 15.3. The first-order chi connectivity index (χ1) is 14.5. The number of aromatic amines is 1. The fourth-order valence-corrected chi connectivity index (χ4v) is 3.41. The van der Waals surface area contributed by atoms with E-state index in [1.165, 1.54) is 19.3 Å². The van der Waals surface area contributed by atoms with Crippen molar-refractivity contribution < 1.29 is 9.18 Å². The van der Waals surface area contributed by atoms with E-state index in [0.717, 1.165) is 16.5 Å². The van der Waals surface area contributed by atoms with E-state index in [9.17, 15) is 4.79 Å². The van der Waals surface area contributed by atoms with Gasteiger partial charge in [-0.2, -0.15) is 5.10 Å². The van der Waals surface area contributed by atoms with Crippen LogP contribution in [0.1, 0.15) is 31.7 Å². The number of nitrogens with one attached hydrogen (secondary N) is 2. The van der Waals surface area contributed by atoms with Gasteiger partial charge in [0, 0.05) is 30.7 Å². The highest BCUT2D eigenvalue weighted by molar-refractivity contribution is 6.03. The number of rotatable bonds is 5. The quantitative estimate of drug-likeness (QED) is 0.476. The van der Waals surface area contributed by atoms with Crippen LogP contribution in [0.5, 0.6) is 0 Å². The first-order valence-electron chi connectivity index (χ1n) is 10.1. The number of hydrogen-bond donors (Lipinski definition) is 2. The average molecular weight is 408 g/mol. The summed E-state index contributed by atoms with van der Waals surface area (Å²) in [6, 6.07) is 3.73. The van der Waals surface area contributed by atoms with Crippen LogP contribution in [0.3, 0.4) is 0 Å². The Bertz CT molecular complexity index is 1210. The van der Waals surface area contributed by atoms with Crippen molar-refractivity contribution in [3.8, 4) is 11.1 Å². The van der Waals surface area contributed by atoms with Crippen molar-refractivity contribution in [1.29, 1.82) is 0 Å². The molecule has 8 heteroatoms. The van der Waals surface area contributed by atoms with Gasteiger partial charge in [-0.3, -0.25) is 9.89 Å². The Labute approximate surface area is 173 Å². The summed E-state index contributed by atoms with van der Waals surface area (Å²) < 4.78 is 17.1. The fourth-order valence-electron chi connectivity index (χ4n) is 3.41. The van der Waals surface area contributed by atoms with E-state index in [2.05, 4.69) is 20.5 Å². The number of benzene rings is 1. The normalized spacial score (nSPS) is 12.5. The van der Waals surface area contributed by atoms with Gasteiger partial charge < -0.3 is 14.6 Å². The highest BCUT2D eigenvalue weighted by Crippen LogP contribution is 2.39. The summed E-state index contributed by atoms with van der Waals surface area (Å²) in [5.74, 6) is 0.193. The van der Waals surface area contributed by atoms with Crippen molar-refractivity contribution in [3.63, 3.8) is 0 Å². The lowest BCUT2D eigenvalue weighted by Gasteiger charge is -2.21. The van der Waals surface area contributed by atoms with Crippen molar-refractivity contribution in [2.45, 2.75) is 33.1 Å². The van der Waals surface area contributed by atoms with Gasteiger partial charge >= 0.3 is 0 Å². The third-order valence-corrected chi connectivity index (χ3v) is 5.21. The SMILES string of the molecule is C1CC1.CCN(C)c1c(F)c(C)c(-c2ccc3nc(NC=O)cn3c2)c2cn[nH]c12. The number of H-pyrrole nitrogens is 1. The minimum absolute atomic E-state index is 0.264. The summed E-state index contributed by atoms with van der Waals surface area (Å²) in [7, 11) is 1.86. The molecule has 4 aromatic rings. The molecule has 7 nitrogen and oxygen atoms in total. The topological polar surface area (TPSA) is 78.3 Å². The van der Waals surface area contributed by atoms with E-state index in [1.807, 2.05) is 37.2 Å². The third-order valence-electron chi connectivity index (χ3n) is 5.21. The second-order valence-electron chi connectivity index (χ2n) is 7.47. The summed E-state index contributed by atoms with van der Waals surface area (Å²) >= 11 is 0. The lowest BCUT2D eigenvalue weighted by atomic mass is 9.96. The number of aromatic nitrogens is 4. The molecule has 3 aromatic heterocycles. The van der Waals surface area contributed by atoms with Gasteiger partial charge in [0.2, 0.25) is 6.41 Å². The molecule has 0 saturated heterocycles. The zero-order chi connectivity index (χ0) is 21.3. The minimum atomic E-state index is -0.264. The van der Waals surface area contributed by atoms with Crippen LogP contribution in [0.15, 0.2) is 30.7 Å². The summed E-state index contributed by atoms with van der Waals surface area (Å²) in [6.45, 7) is 4.43. The van der Waals surface area contributed by atoms with Gasteiger partial charge in [-0.1, -0.05) is 19.3 Å².